The number of amides is 1. The predicted molar refractivity (Wildman–Crippen MR) is 119 cm³/mol. The quantitative estimate of drug-likeness (QED) is 0.498. The molecule has 0 saturated heterocycles. The number of anilines is 1. The molecule has 10 nitrogen and oxygen atoms in total. The molecule has 0 spiro atoms. The smallest absolute Gasteiger partial charge is 0.357 e. The number of aromatic carboxylic acids is 1. The van der Waals surface area contributed by atoms with E-state index in [2.05, 4.69) is 10.2 Å². The van der Waals surface area contributed by atoms with Gasteiger partial charge in [-0.1, -0.05) is 42.5 Å². The highest BCUT2D eigenvalue weighted by Crippen LogP contribution is 2.23. The first kappa shape index (κ1) is 21.2. The van der Waals surface area contributed by atoms with E-state index in [1.54, 1.807) is 60.7 Å². The number of aliphatic carboxylic acids is 1. The highest BCUT2D eigenvalue weighted by molar-refractivity contribution is 6.52. The van der Waals surface area contributed by atoms with Gasteiger partial charge in [0, 0.05) is 0 Å². The van der Waals surface area contributed by atoms with Crippen molar-refractivity contribution in [2.75, 3.05) is 5.01 Å². The van der Waals surface area contributed by atoms with Gasteiger partial charge < -0.3 is 10.2 Å². The maximum atomic E-state index is 12.8. The Labute approximate surface area is 186 Å². The molecular formula is C23H16N4O6. The summed E-state index contributed by atoms with van der Waals surface area (Å²) >= 11 is 0. The number of para-hydroxylation sites is 2. The number of nitrogens with one attached hydrogen (secondary N) is 1. The minimum absolute atomic E-state index is 0.164. The van der Waals surface area contributed by atoms with Crippen LogP contribution in [0.4, 0.5) is 5.69 Å². The first-order valence-corrected chi connectivity index (χ1v) is 9.62. The second-order valence-electron chi connectivity index (χ2n) is 6.83. The van der Waals surface area contributed by atoms with Gasteiger partial charge in [-0.2, -0.15) is 10.1 Å². The number of carboxylic acids is 2. The van der Waals surface area contributed by atoms with Crippen molar-refractivity contribution in [2.24, 2.45) is 5.10 Å². The van der Waals surface area contributed by atoms with E-state index in [1.165, 1.54) is 18.2 Å². The molecule has 164 valence electrons. The first-order valence-electron chi connectivity index (χ1n) is 9.62. The van der Waals surface area contributed by atoms with Gasteiger partial charge >= 0.3 is 11.9 Å². The largest absolute Gasteiger partial charge is 0.477 e. The number of hydrogen-bond acceptors (Lipinski definition) is 5. The van der Waals surface area contributed by atoms with Crippen LogP contribution in [0.5, 0.6) is 0 Å². The lowest BCUT2D eigenvalue weighted by Crippen LogP contribution is -2.22. The Kier molecular flexibility index (Phi) is 5.56. The van der Waals surface area contributed by atoms with E-state index >= 15 is 0 Å². The van der Waals surface area contributed by atoms with E-state index in [4.69, 9.17) is 0 Å². The van der Waals surface area contributed by atoms with E-state index in [1.807, 2.05) is 0 Å². The number of aromatic amines is 1. The Morgan fingerprint density at radius 2 is 1.48 bits per heavy atom. The molecule has 0 fully saturated rings. The standard InChI is InChI=1S/C23H16N4O6/c28-20-16(18(22(30)31)24-26(20)14-8-3-1-4-9-14)12-7-13-17-19(23(32)33)25-27(21(17)29)15-10-5-2-6-11-15/h1-13,24H,(H,30,31)(H,32,33)/b12-7+,17-13+. The van der Waals surface area contributed by atoms with Crippen molar-refractivity contribution in [1.82, 2.24) is 9.78 Å². The van der Waals surface area contributed by atoms with E-state index in [0.717, 1.165) is 9.69 Å². The van der Waals surface area contributed by atoms with Crippen molar-refractivity contribution in [1.29, 1.82) is 0 Å². The molecule has 3 aromatic rings. The van der Waals surface area contributed by atoms with Gasteiger partial charge in [-0.15, -0.1) is 0 Å². The molecule has 10 heteroatoms. The van der Waals surface area contributed by atoms with Crippen molar-refractivity contribution >= 4 is 35.3 Å². The van der Waals surface area contributed by atoms with Gasteiger partial charge in [0.25, 0.3) is 11.5 Å². The third kappa shape index (κ3) is 4.00. The SMILES string of the molecule is O=C(O)C1=NN(c2ccccc2)C(=O)/C1=C/C=C/c1c(C(=O)O)[nH]n(-c2ccccc2)c1=O. The molecule has 0 aliphatic carbocycles. The molecule has 33 heavy (non-hydrogen) atoms. The Bertz CT molecular complexity index is 1400. The van der Waals surface area contributed by atoms with Crippen molar-refractivity contribution in [2.45, 2.75) is 0 Å². The van der Waals surface area contributed by atoms with E-state index in [-0.39, 0.29) is 16.8 Å². The third-order valence-electron chi connectivity index (χ3n) is 4.76. The van der Waals surface area contributed by atoms with Gasteiger partial charge in [-0.3, -0.25) is 14.7 Å². The van der Waals surface area contributed by atoms with Crippen molar-refractivity contribution in [3.8, 4) is 5.69 Å². The molecule has 1 aliphatic rings. The normalized spacial score (nSPS) is 14.8. The van der Waals surface area contributed by atoms with Crippen LogP contribution in [0.2, 0.25) is 0 Å². The van der Waals surface area contributed by atoms with Gasteiger partial charge in [0.2, 0.25) is 0 Å². The second kappa shape index (κ2) is 8.63. The Hall–Kier alpha value is -4.99. The average molecular weight is 444 g/mol. The molecule has 4 rings (SSSR count). The molecule has 0 radical (unpaired) electrons. The molecule has 0 saturated carbocycles. The van der Waals surface area contributed by atoms with Gasteiger partial charge in [-0.25, -0.2) is 14.3 Å². The van der Waals surface area contributed by atoms with Crippen LogP contribution in [0.3, 0.4) is 0 Å². The molecule has 1 amide bonds. The molecule has 0 bridgehead atoms. The van der Waals surface area contributed by atoms with Crippen LogP contribution >= 0.6 is 0 Å². The summed E-state index contributed by atoms with van der Waals surface area (Å²) in [4.78, 5) is 48.8. The fourth-order valence-corrected chi connectivity index (χ4v) is 3.23. The van der Waals surface area contributed by atoms with Crippen LogP contribution in [-0.4, -0.2) is 43.6 Å². The van der Waals surface area contributed by atoms with Gasteiger partial charge in [0.1, 0.15) is 0 Å². The maximum absolute atomic E-state index is 12.8. The summed E-state index contributed by atoms with van der Waals surface area (Å²) in [6, 6.07) is 16.7. The summed E-state index contributed by atoms with van der Waals surface area (Å²) < 4.78 is 1.08. The summed E-state index contributed by atoms with van der Waals surface area (Å²) in [7, 11) is 0. The first-order chi connectivity index (χ1) is 15.9. The lowest BCUT2D eigenvalue weighted by molar-refractivity contribution is -0.129. The van der Waals surface area contributed by atoms with Crippen LogP contribution in [0.1, 0.15) is 16.1 Å². The summed E-state index contributed by atoms with van der Waals surface area (Å²) in [5.41, 5.74) is -0.993. The highest BCUT2D eigenvalue weighted by Gasteiger charge is 2.34. The van der Waals surface area contributed by atoms with Gasteiger partial charge in [-0.05, 0) is 36.4 Å². The Morgan fingerprint density at radius 1 is 0.879 bits per heavy atom. The summed E-state index contributed by atoms with van der Waals surface area (Å²) in [6.45, 7) is 0. The number of allylic oxidation sites excluding steroid dienone is 2. The molecule has 0 unspecified atom stereocenters. The fraction of sp³-hybridized carbons (Fsp3) is 0. The number of carbonyl (C=O) groups excluding carboxylic acids is 1. The highest BCUT2D eigenvalue weighted by atomic mass is 16.4. The molecule has 2 aromatic carbocycles. The summed E-state index contributed by atoms with van der Waals surface area (Å²) in [5.74, 6) is -3.42. The molecule has 2 heterocycles. The number of rotatable bonds is 6. The number of nitrogens with zero attached hydrogens (tertiary/aromatic N) is 3. The lowest BCUT2D eigenvalue weighted by Gasteiger charge is -2.10. The molecule has 3 N–H and O–H groups in total. The van der Waals surface area contributed by atoms with E-state index in [0.29, 0.717) is 11.4 Å². The maximum Gasteiger partial charge on any atom is 0.357 e. The zero-order chi connectivity index (χ0) is 23.5. The number of carbonyl (C=O) groups is 3. The van der Waals surface area contributed by atoms with Crippen molar-refractivity contribution in [3.05, 3.63) is 100.0 Å². The third-order valence-corrected chi connectivity index (χ3v) is 4.76. The van der Waals surface area contributed by atoms with E-state index in [9.17, 15) is 29.4 Å². The number of hydrogen-bond donors (Lipinski definition) is 3. The number of carboxylic acid groups (broad SMARTS) is 2. The van der Waals surface area contributed by atoms with E-state index < -0.39 is 29.1 Å². The molecule has 1 aromatic heterocycles. The number of H-pyrrole nitrogens is 1. The summed E-state index contributed by atoms with van der Waals surface area (Å²) in [5, 5.41) is 26.3. The second-order valence-corrected chi connectivity index (χ2v) is 6.83. The van der Waals surface area contributed by atoms with Crippen molar-refractivity contribution < 1.29 is 24.6 Å². The summed E-state index contributed by atoms with van der Waals surface area (Å²) in [6.07, 6.45) is 3.63. The Balaban J connectivity index is 1.72. The zero-order valence-corrected chi connectivity index (χ0v) is 16.9. The fourth-order valence-electron chi connectivity index (χ4n) is 3.23. The number of hydrazone groups is 1. The number of benzene rings is 2. The van der Waals surface area contributed by atoms with Crippen LogP contribution in [0.15, 0.2) is 88.3 Å². The molecule has 1 aliphatic heterocycles. The van der Waals surface area contributed by atoms with Crippen molar-refractivity contribution in [3.63, 3.8) is 0 Å². The van der Waals surface area contributed by atoms with Crippen LogP contribution in [0.25, 0.3) is 11.8 Å². The number of aromatic nitrogens is 2. The van der Waals surface area contributed by atoms with Gasteiger partial charge in [0.15, 0.2) is 11.4 Å². The minimum atomic E-state index is -1.40. The predicted octanol–water partition coefficient (Wildman–Crippen LogP) is 2.29. The van der Waals surface area contributed by atoms with Gasteiger partial charge in [0.05, 0.1) is 22.5 Å². The average Bonchev–Trinajstić information content (AvgIpc) is 3.32. The van der Waals surface area contributed by atoms with Crippen LogP contribution < -0.4 is 10.6 Å². The topological polar surface area (TPSA) is 145 Å². The monoisotopic (exact) mass is 444 g/mol. The molecular weight excluding hydrogens is 428 g/mol. The lowest BCUT2D eigenvalue weighted by atomic mass is 10.1. The zero-order valence-electron chi connectivity index (χ0n) is 16.9. The Morgan fingerprint density at radius 3 is 2.06 bits per heavy atom. The molecule has 0 atom stereocenters. The minimum Gasteiger partial charge on any atom is -0.477 e. The van der Waals surface area contributed by atoms with Crippen LogP contribution in [0, 0.1) is 0 Å². The van der Waals surface area contributed by atoms with Crippen LogP contribution in [-0.2, 0) is 9.59 Å².